The molecule has 8 aromatic rings. The molecule has 0 spiro atoms. The number of rotatable bonds is 11. The third-order valence-corrected chi connectivity index (χ3v) is 15.1. The van der Waals surface area contributed by atoms with Gasteiger partial charge in [0.15, 0.2) is 0 Å². The number of hydrogen-bond donors (Lipinski definition) is 0. The molecular formula is C50H46N2O2P2. The zero-order chi connectivity index (χ0) is 38.8. The van der Waals surface area contributed by atoms with E-state index < -0.39 is 26.9 Å². The van der Waals surface area contributed by atoms with E-state index in [1.165, 1.54) is 0 Å². The maximum atomic E-state index is 15.3. The second-order valence-corrected chi connectivity index (χ2v) is 18.6. The van der Waals surface area contributed by atoms with Gasteiger partial charge in [0.25, 0.3) is 0 Å². The van der Waals surface area contributed by atoms with E-state index in [2.05, 4.69) is 131 Å². The summed E-state index contributed by atoms with van der Waals surface area (Å²) in [5, 5.41) is 6.00. The molecule has 0 bridgehead atoms. The van der Waals surface area contributed by atoms with Crippen molar-refractivity contribution in [1.29, 1.82) is 0 Å². The van der Waals surface area contributed by atoms with Gasteiger partial charge in [0.1, 0.15) is 15.6 Å². The van der Waals surface area contributed by atoms with Crippen molar-refractivity contribution >= 4 is 59.1 Å². The Balaban J connectivity index is 1.45. The summed E-state index contributed by atoms with van der Waals surface area (Å²) in [4.78, 5) is 4.12. The van der Waals surface area contributed by atoms with Gasteiger partial charge >= 0.3 is 0 Å². The Labute approximate surface area is 331 Å². The van der Waals surface area contributed by atoms with Gasteiger partial charge in [-0.1, -0.05) is 133 Å². The van der Waals surface area contributed by atoms with Crippen LogP contribution in [0, 0.1) is 0 Å². The minimum absolute atomic E-state index is 0.427. The van der Waals surface area contributed by atoms with Crippen molar-refractivity contribution in [1.82, 2.24) is 0 Å². The van der Waals surface area contributed by atoms with Crippen molar-refractivity contribution in [3.8, 4) is 11.1 Å². The van der Waals surface area contributed by atoms with Crippen LogP contribution in [0.15, 0.2) is 182 Å². The van der Waals surface area contributed by atoms with E-state index in [-0.39, 0.29) is 0 Å². The van der Waals surface area contributed by atoms with E-state index in [1.54, 1.807) is 0 Å². The molecule has 6 heteroatoms. The molecule has 0 saturated heterocycles. The highest BCUT2D eigenvalue weighted by Crippen LogP contribution is 2.55. The molecule has 0 aromatic heterocycles. The maximum absolute atomic E-state index is 15.3. The van der Waals surface area contributed by atoms with Crippen molar-refractivity contribution in [2.24, 2.45) is 0 Å². The number of hydrogen-bond acceptors (Lipinski definition) is 4. The summed E-state index contributed by atoms with van der Waals surface area (Å²) in [5.41, 5.74) is 7.32. The van der Waals surface area contributed by atoms with E-state index >= 15 is 9.13 Å². The van der Waals surface area contributed by atoms with Crippen LogP contribution in [-0.4, -0.2) is 28.2 Å². The molecule has 0 fully saturated rings. The van der Waals surface area contributed by atoms with Gasteiger partial charge in [-0.3, -0.25) is 0 Å². The third kappa shape index (κ3) is 7.24. The van der Waals surface area contributed by atoms with Crippen LogP contribution in [0.25, 0.3) is 32.7 Å². The Morgan fingerprint density at radius 1 is 0.375 bits per heavy atom. The van der Waals surface area contributed by atoms with Crippen molar-refractivity contribution in [2.75, 3.05) is 38.0 Å². The number of benzene rings is 8. The summed E-state index contributed by atoms with van der Waals surface area (Å²) in [6.07, 6.45) is 0. The molecular weight excluding hydrogens is 723 g/mol. The Bertz CT molecular complexity index is 2490. The molecule has 8 rings (SSSR count). The van der Waals surface area contributed by atoms with Crippen LogP contribution in [0.2, 0.25) is 0 Å². The van der Waals surface area contributed by atoms with Gasteiger partial charge < -0.3 is 18.9 Å². The fraction of sp³-hybridized carbons (Fsp3) is 0.120. The predicted molar refractivity (Wildman–Crippen MR) is 242 cm³/mol. The monoisotopic (exact) mass is 768 g/mol. The molecule has 0 N–H and O–H groups in total. The van der Waals surface area contributed by atoms with Crippen LogP contribution in [0.1, 0.15) is 33.6 Å². The predicted octanol–water partition coefficient (Wildman–Crippen LogP) is 11.7. The molecule has 0 radical (unpaired) electrons. The quantitative estimate of drug-likeness (QED) is 0.123. The largest absolute Gasteiger partial charge is 0.378 e. The average Bonchev–Trinajstić information content (AvgIpc) is 3.24. The second kappa shape index (κ2) is 16.2. The molecule has 0 heterocycles. The lowest BCUT2D eigenvalue weighted by Gasteiger charge is -2.28. The summed E-state index contributed by atoms with van der Waals surface area (Å²) >= 11 is 0. The molecule has 4 atom stereocenters. The summed E-state index contributed by atoms with van der Waals surface area (Å²) in [5.74, 6) is 0. The van der Waals surface area contributed by atoms with Crippen molar-refractivity contribution in [3.05, 3.63) is 204 Å². The molecule has 4 unspecified atom stereocenters. The maximum Gasteiger partial charge on any atom is 0.115 e. The Hall–Kier alpha value is -5.66. The summed E-state index contributed by atoms with van der Waals surface area (Å²) in [7, 11) is 3.10. The smallest absolute Gasteiger partial charge is 0.115 e. The minimum atomic E-state index is -2.48. The molecule has 0 saturated carbocycles. The van der Waals surface area contributed by atoms with Crippen molar-refractivity contribution in [3.63, 3.8) is 0 Å². The molecule has 0 aliphatic rings. The van der Waals surface area contributed by atoms with Gasteiger partial charge in [-0.25, -0.2) is 0 Å². The van der Waals surface area contributed by atoms with E-state index in [0.29, 0.717) is 0 Å². The van der Waals surface area contributed by atoms with E-state index in [1.807, 2.05) is 88.9 Å². The molecule has 56 heavy (non-hydrogen) atoms. The molecule has 278 valence electrons. The normalized spacial score (nSPS) is 13.6. The Morgan fingerprint density at radius 2 is 0.714 bits per heavy atom. The van der Waals surface area contributed by atoms with Crippen molar-refractivity contribution in [2.45, 2.75) is 11.3 Å². The first-order chi connectivity index (χ1) is 27.3. The van der Waals surface area contributed by atoms with Gasteiger partial charge in [0, 0.05) is 50.2 Å². The van der Waals surface area contributed by atoms with E-state index in [9.17, 15) is 0 Å². The van der Waals surface area contributed by atoms with Crippen LogP contribution in [0.5, 0.6) is 0 Å². The number of fused-ring (bicyclic) bond motifs is 2. The number of nitrogens with zero attached hydrogens (tertiary/aromatic N) is 2. The van der Waals surface area contributed by atoms with Gasteiger partial charge in [0.05, 0.1) is 11.3 Å². The SMILES string of the molecule is CN(C)c1ccc([PH](=O)C(c2ccccc2)c2ccc3ccccc3c2-c2c(C(c3ccccc3)[PH](=O)c3ccc(N(C)C)cc3)ccc3ccccc23)cc1. The molecule has 0 aliphatic heterocycles. The highest BCUT2D eigenvalue weighted by atomic mass is 31.1. The molecule has 0 amide bonds. The first-order valence-corrected chi connectivity index (χ1v) is 22.0. The first kappa shape index (κ1) is 37.3. The highest BCUT2D eigenvalue weighted by molar-refractivity contribution is 7.54. The summed E-state index contributed by atoms with van der Waals surface area (Å²) in [6.45, 7) is 0. The summed E-state index contributed by atoms with van der Waals surface area (Å²) < 4.78 is 30.7. The van der Waals surface area contributed by atoms with Crippen LogP contribution >= 0.6 is 15.6 Å². The fourth-order valence-corrected chi connectivity index (χ4v) is 11.7. The second-order valence-electron chi connectivity index (χ2n) is 14.8. The first-order valence-electron chi connectivity index (χ1n) is 19.1. The lowest BCUT2D eigenvalue weighted by atomic mass is 9.83. The standard InChI is InChI=1S/C50H46N2O2P2/c1-51(2)39-25-29-41(30-26-39)55(53)49(37-17-7-5-8-18-37)45-33-23-35-15-11-13-21-43(35)47(45)48-44-22-14-12-16-36(44)24-34-46(48)50(38-19-9-6-10-20-38)56(54)42-31-27-40(28-32-42)52(3)4/h5-34,49-50,55-56H,1-4H3. The van der Waals surface area contributed by atoms with Crippen LogP contribution in [-0.2, 0) is 9.13 Å². The lowest BCUT2D eigenvalue weighted by molar-refractivity contribution is 0.588. The minimum Gasteiger partial charge on any atom is -0.378 e. The fourth-order valence-electron chi connectivity index (χ4n) is 8.03. The van der Waals surface area contributed by atoms with E-state index in [0.717, 1.165) is 76.9 Å². The topological polar surface area (TPSA) is 40.6 Å². The Morgan fingerprint density at radius 3 is 1.07 bits per heavy atom. The molecule has 4 nitrogen and oxygen atoms in total. The van der Waals surface area contributed by atoms with Gasteiger partial charge in [-0.15, -0.1) is 0 Å². The van der Waals surface area contributed by atoms with E-state index in [4.69, 9.17) is 0 Å². The van der Waals surface area contributed by atoms with Gasteiger partial charge in [0.2, 0.25) is 0 Å². The van der Waals surface area contributed by atoms with Gasteiger partial charge in [-0.05, 0) is 103 Å². The average molecular weight is 769 g/mol. The zero-order valence-electron chi connectivity index (χ0n) is 32.2. The van der Waals surface area contributed by atoms with Crippen molar-refractivity contribution < 1.29 is 9.13 Å². The van der Waals surface area contributed by atoms with Crippen LogP contribution in [0.4, 0.5) is 11.4 Å². The number of anilines is 2. The lowest BCUT2D eigenvalue weighted by Crippen LogP contribution is -2.12. The molecule has 8 aromatic carbocycles. The zero-order valence-corrected chi connectivity index (χ0v) is 34.2. The summed E-state index contributed by atoms with van der Waals surface area (Å²) in [6, 6.07) is 62.6. The Kier molecular flexibility index (Phi) is 10.8. The van der Waals surface area contributed by atoms with Crippen LogP contribution in [0.3, 0.4) is 0 Å². The van der Waals surface area contributed by atoms with Crippen LogP contribution < -0.4 is 20.4 Å². The third-order valence-electron chi connectivity index (χ3n) is 10.9. The highest BCUT2D eigenvalue weighted by Gasteiger charge is 2.32. The van der Waals surface area contributed by atoms with Gasteiger partial charge in [-0.2, -0.15) is 0 Å². The molecule has 0 aliphatic carbocycles.